The van der Waals surface area contributed by atoms with E-state index < -0.39 is 0 Å². The zero-order valence-corrected chi connectivity index (χ0v) is 11.2. The highest BCUT2D eigenvalue weighted by molar-refractivity contribution is 5.78. The second-order valence-electron chi connectivity index (χ2n) is 5.80. The van der Waals surface area contributed by atoms with E-state index in [0.717, 1.165) is 5.92 Å². The maximum Gasteiger partial charge on any atom is 0.236 e. The van der Waals surface area contributed by atoms with E-state index >= 15 is 0 Å². The van der Waals surface area contributed by atoms with Crippen molar-refractivity contribution in [1.82, 2.24) is 10.2 Å². The number of nitrogens with one attached hydrogen (secondary N) is 1. The number of carbonyl (C=O) groups is 1. The van der Waals surface area contributed by atoms with Gasteiger partial charge in [-0.3, -0.25) is 4.79 Å². The van der Waals surface area contributed by atoms with Crippen molar-refractivity contribution < 1.29 is 4.79 Å². The lowest BCUT2D eigenvalue weighted by molar-refractivity contribution is -0.129. The Morgan fingerprint density at radius 2 is 1.88 bits per heavy atom. The minimum atomic E-state index is 0.259. The average molecular weight is 238 g/mol. The minimum absolute atomic E-state index is 0.259. The predicted molar refractivity (Wildman–Crippen MR) is 69.8 cm³/mol. The monoisotopic (exact) mass is 238 g/mol. The van der Waals surface area contributed by atoms with Crippen LogP contribution in [0.3, 0.4) is 0 Å². The predicted octanol–water partition coefficient (Wildman–Crippen LogP) is 2.17. The third-order valence-electron chi connectivity index (χ3n) is 4.42. The molecule has 0 aliphatic heterocycles. The van der Waals surface area contributed by atoms with Gasteiger partial charge >= 0.3 is 0 Å². The molecule has 3 nitrogen and oxygen atoms in total. The number of hydrogen-bond acceptors (Lipinski definition) is 2. The Morgan fingerprint density at radius 1 is 1.24 bits per heavy atom. The van der Waals surface area contributed by atoms with Crippen molar-refractivity contribution in [2.45, 2.75) is 64.0 Å². The first-order chi connectivity index (χ1) is 8.18. The van der Waals surface area contributed by atoms with Gasteiger partial charge in [-0.1, -0.05) is 19.3 Å². The molecule has 2 rings (SSSR count). The smallest absolute Gasteiger partial charge is 0.236 e. The van der Waals surface area contributed by atoms with E-state index in [1.807, 2.05) is 11.9 Å². The number of hydrogen-bond donors (Lipinski definition) is 1. The fourth-order valence-electron chi connectivity index (χ4n) is 2.84. The average Bonchev–Trinajstić information content (AvgIpc) is 3.20. The SMILES string of the molecule is CC(NCC(=O)N(C)C1CC1)C1CCCCC1. The second-order valence-corrected chi connectivity index (χ2v) is 5.80. The van der Waals surface area contributed by atoms with Crippen LogP contribution in [-0.2, 0) is 4.79 Å². The van der Waals surface area contributed by atoms with E-state index in [1.54, 1.807) is 0 Å². The second kappa shape index (κ2) is 5.85. The molecular weight excluding hydrogens is 212 g/mol. The fourth-order valence-corrected chi connectivity index (χ4v) is 2.84. The summed E-state index contributed by atoms with van der Waals surface area (Å²) in [5.41, 5.74) is 0. The molecule has 1 unspecified atom stereocenters. The van der Waals surface area contributed by atoms with Gasteiger partial charge in [0.05, 0.1) is 6.54 Å². The van der Waals surface area contributed by atoms with Crippen LogP contribution in [0, 0.1) is 5.92 Å². The molecule has 0 radical (unpaired) electrons. The summed E-state index contributed by atoms with van der Waals surface area (Å²) in [4.78, 5) is 13.8. The zero-order chi connectivity index (χ0) is 12.3. The Bertz CT molecular complexity index is 257. The standard InChI is InChI=1S/C14H26N2O/c1-11(12-6-4-3-5-7-12)15-10-14(17)16(2)13-8-9-13/h11-13,15H,3-10H2,1-2H3. The molecule has 3 heteroatoms. The molecule has 0 aromatic rings. The maximum atomic E-state index is 11.9. The van der Waals surface area contributed by atoms with Gasteiger partial charge in [-0.05, 0) is 38.5 Å². The molecule has 98 valence electrons. The molecule has 1 N–H and O–H groups in total. The number of carbonyl (C=O) groups excluding carboxylic acids is 1. The van der Waals surface area contributed by atoms with Crippen LogP contribution in [0.5, 0.6) is 0 Å². The summed E-state index contributed by atoms with van der Waals surface area (Å²) in [6, 6.07) is 1.03. The van der Waals surface area contributed by atoms with Crippen LogP contribution in [0.25, 0.3) is 0 Å². The zero-order valence-electron chi connectivity index (χ0n) is 11.2. The van der Waals surface area contributed by atoms with Crippen molar-refractivity contribution in [3.8, 4) is 0 Å². The molecule has 2 aliphatic rings. The molecule has 1 atom stereocenters. The summed E-state index contributed by atoms with van der Waals surface area (Å²) in [5.74, 6) is 1.04. The molecule has 0 saturated heterocycles. The Hall–Kier alpha value is -0.570. The van der Waals surface area contributed by atoms with Crippen LogP contribution < -0.4 is 5.32 Å². The van der Waals surface area contributed by atoms with E-state index in [4.69, 9.17) is 0 Å². The summed E-state index contributed by atoms with van der Waals surface area (Å²) >= 11 is 0. The van der Waals surface area contributed by atoms with Crippen molar-refractivity contribution in [3.05, 3.63) is 0 Å². The lowest BCUT2D eigenvalue weighted by Crippen LogP contribution is -2.42. The fraction of sp³-hybridized carbons (Fsp3) is 0.929. The Labute approximate surface area is 105 Å². The van der Waals surface area contributed by atoms with E-state index in [9.17, 15) is 4.79 Å². The normalized spacial score (nSPS) is 23.4. The van der Waals surface area contributed by atoms with Crippen LogP contribution in [-0.4, -0.2) is 36.5 Å². The van der Waals surface area contributed by atoms with Gasteiger partial charge in [0.2, 0.25) is 5.91 Å². The number of amides is 1. The number of nitrogens with zero attached hydrogens (tertiary/aromatic N) is 1. The molecular formula is C14H26N2O. The lowest BCUT2D eigenvalue weighted by Gasteiger charge is -2.28. The summed E-state index contributed by atoms with van der Waals surface area (Å²) in [5, 5.41) is 3.42. The first-order valence-electron chi connectivity index (χ1n) is 7.17. The largest absolute Gasteiger partial charge is 0.342 e. The minimum Gasteiger partial charge on any atom is -0.342 e. The molecule has 0 heterocycles. The lowest BCUT2D eigenvalue weighted by atomic mass is 9.84. The molecule has 2 aliphatic carbocycles. The molecule has 0 bridgehead atoms. The van der Waals surface area contributed by atoms with Gasteiger partial charge in [0, 0.05) is 19.1 Å². The summed E-state index contributed by atoms with van der Waals surface area (Å²) in [7, 11) is 1.94. The van der Waals surface area contributed by atoms with Gasteiger partial charge in [-0.15, -0.1) is 0 Å². The van der Waals surface area contributed by atoms with Crippen molar-refractivity contribution in [1.29, 1.82) is 0 Å². The summed E-state index contributed by atoms with van der Waals surface area (Å²) in [6.07, 6.45) is 9.19. The first-order valence-corrected chi connectivity index (χ1v) is 7.17. The Morgan fingerprint density at radius 3 is 2.47 bits per heavy atom. The van der Waals surface area contributed by atoms with Gasteiger partial charge in [0.15, 0.2) is 0 Å². The van der Waals surface area contributed by atoms with Crippen molar-refractivity contribution in [2.75, 3.05) is 13.6 Å². The molecule has 1 amide bonds. The molecule has 2 fully saturated rings. The molecule has 0 aromatic heterocycles. The number of rotatable bonds is 5. The third kappa shape index (κ3) is 3.70. The van der Waals surface area contributed by atoms with Crippen molar-refractivity contribution >= 4 is 5.91 Å². The van der Waals surface area contributed by atoms with Crippen LogP contribution in [0.2, 0.25) is 0 Å². The summed E-state index contributed by atoms with van der Waals surface area (Å²) in [6.45, 7) is 2.76. The van der Waals surface area contributed by atoms with Crippen molar-refractivity contribution in [3.63, 3.8) is 0 Å². The quantitative estimate of drug-likeness (QED) is 0.796. The highest BCUT2D eigenvalue weighted by Crippen LogP contribution is 2.27. The van der Waals surface area contributed by atoms with Gasteiger partial charge in [0.1, 0.15) is 0 Å². The van der Waals surface area contributed by atoms with Crippen LogP contribution in [0.4, 0.5) is 0 Å². The topological polar surface area (TPSA) is 32.3 Å². The summed E-state index contributed by atoms with van der Waals surface area (Å²) < 4.78 is 0. The highest BCUT2D eigenvalue weighted by Gasteiger charge is 2.29. The van der Waals surface area contributed by atoms with Crippen LogP contribution >= 0.6 is 0 Å². The van der Waals surface area contributed by atoms with Crippen LogP contribution in [0.15, 0.2) is 0 Å². The van der Waals surface area contributed by atoms with E-state index in [-0.39, 0.29) is 5.91 Å². The van der Waals surface area contributed by atoms with Gasteiger partial charge in [-0.2, -0.15) is 0 Å². The Balaban J connectivity index is 1.67. The maximum absolute atomic E-state index is 11.9. The first kappa shape index (κ1) is 12.9. The molecule has 0 spiro atoms. The van der Waals surface area contributed by atoms with Crippen molar-refractivity contribution in [2.24, 2.45) is 5.92 Å². The molecule has 2 saturated carbocycles. The van der Waals surface area contributed by atoms with Gasteiger partial charge in [0.25, 0.3) is 0 Å². The van der Waals surface area contributed by atoms with E-state index in [1.165, 1.54) is 44.9 Å². The Kier molecular flexibility index (Phi) is 4.43. The highest BCUT2D eigenvalue weighted by atomic mass is 16.2. The molecule has 0 aromatic carbocycles. The van der Waals surface area contributed by atoms with E-state index in [2.05, 4.69) is 12.2 Å². The van der Waals surface area contributed by atoms with Gasteiger partial charge in [-0.25, -0.2) is 0 Å². The third-order valence-corrected chi connectivity index (χ3v) is 4.42. The van der Waals surface area contributed by atoms with Gasteiger partial charge < -0.3 is 10.2 Å². The van der Waals surface area contributed by atoms with Crippen LogP contribution in [0.1, 0.15) is 51.9 Å². The number of likely N-dealkylation sites (N-methyl/N-ethyl adjacent to an activating group) is 1. The van der Waals surface area contributed by atoms with E-state index in [0.29, 0.717) is 18.6 Å². The molecule has 17 heavy (non-hydrogen) atoms.